The van der Waals surface area contributed by atoms with E-state index in [4.69, 9.17) is 4.74 Å². The number of aryl methyl sites for hydroxylation is 1. The van der Waals surface area contributed by atoms with Gasteiger partial charge < -0.3 is 15.4 Å². The first-order valence-corrected chi connectivity index (χ1v) is 9.27. The van der Waals surface area contributed by atoms with Gasteiger partial charge in [0.1, 0.15) is 6.10 Å². The largest absolute Gasteiger partial charge is 0.442 e. The second kappa shape index (κ2) is 8.23. The van der Waals surface area contributed by atoms with Crippen LogP contribution in [0.25, 0.3) is 0 Å². The Morgan fingerprint density at radius 2 is 1.92 bits per heavy atom. The van der Waals surface area contributed by atoms with Gasteiger partial charge in [-0.05, 0) is 37.0 Å². The van der Waals surface area contributed by atoms with E-state index in [-0.39, 0.29) is 24.3 Å². The summed E-state index contributed by atoms with van der Waals surface area (Å²) in [5, 5.41) is 5.83. The summed E-state index contributed by atoms with van der Waals surface area (Å²) in [5.41, 5.74) is 2.06. The van der Waals surface area contributed by atoms with Crippen LogP contribution in [0.4, 0.5) is 15.3 Å². The predicted octanol–water partition coefficient (Wildman–Crippen LogP) is 3.21. The van der Waals surface area contributed by atoms with Gasteiger partial charge in [-0.3, -0.25) is 4.90 Å². The van der Waals surface area contributed by atoms with Crippen molar-refractivity contribution >= 4 is 17.8 Å². The van der Waals surface area contributed by atoms with Crippen LogP contribution in [-0.4, -0.2) is 37.4 Å². The maximum absolute atomic E-state index is 12.1. The first-order chi connectivity index (χ1) is 12.2. The quantitative estimate of drug-likeness (QED) is 0.861. The lowest BCUT2D eigenvalue weighted by molar-refractivity contribution is 0.140. The van der Waals surface area contributed by atoms with Gasteiger partial charge in [-0.15, -0.1) is 0 Å². The average Bonchev–Trinajstić information content (AvgIpc) is 3.02. The molecule has 1 unspecified atom stereocenters. The van der Waals surface area contributed by atoms with Crippen molar-refractivity contribution in [3.63, 3.8) is 0 Å². The van der Waals surface area contributed by atoms with Crippen LogP contribution in [0.15, 0.2) is 24.3 Å². The Balaban J connectivity index is 1.46. The number of benzene rings is 1. The van der Waals surface area contributed by atoms with Gasteiger partial charge in [-0.25, -0.2) is 9.59 Å². The Hall–Kier alpha value is -2.24. The molecular weight excluding hydrogens is 318 g/mol. The van der Waals surface area contributed by atoms with Gasteiger partial charge in [-0.1, -0.05) is 38.3 Å². The highest BCUT2D eigenvalue weighted by Gasteiger charge is 2.32. The Morgan fingerprint density at radius 3 is 2.60 bits per heavy atom. The first-order valence-electron chi connectivity index (χ1n) is 9.27. The minimum Gasteiger partial charge on any atom is -0.442 e. The van der Waals surface area contributed by atoms with Crippen LogP contribution in [-0.2, 0) is 11.2 Å². The van der Waals surface area contributed by atoms with Crippen molar-refractivity contribution in [2.75, 3.05) is 18.0 Å². The molecule has 3 amide bonds. The molecule has 0 bridgehead atoms. The van der Waals surface area contributed by atoms with Crippen molar-refractivity contribution in [3.05, 3.63) is 29.8 Å². The molecule has 1 aliphatic heterocycles. The standard InChI is InChI=1S/C19H27N3O3/c1-2-14-8-10-16(11-9-14)22-13-17(25-19(22)24)12-20-18(23)21-15-6-4-3-5-7-15/h8-11,15,17H,2-7,12-13H2,1H3,(H2,20,21,23). The number of rotatable bonds is 5. The van der Waals surface area contributed by atoms with Crippen LogP contribution in [0.1, 0.15) is 44.6 Å². The molecule has 0 spiro atoms. The number of carbonyl (C=O) groups is 2. The van der Waals surface area contributed by atoms with Gasteiger partial charge in [0.25, 0.3) is 0 Å². The summed E-state index contributed by atoms with van der Waals surface area (Å²) in [6.45, 7) is 2.88. The molecule has 3 rings (SSSR count). The van der Waals surface area contributed by atoms with Crippen LogP contribution in [0, 0.1) is 0 Å². The number of cyclic esters (lactones) is 1. The van der Waals surface area contributed by atoms with E-state index in [0.29, 0.717) is 13.1 Å². The summed E-state index contributed by atoms with van der Waals surface area (Å²) >= 11 is 0. The molecule has 1 heterocycles. The maximum atomic E-state index is 12.1. The SMILES string of the molecule is CCc1ccc(N2CC(CNC(=O)NC3CCCCC3)OC2=O)cc1. The molecule has 1 aliphatic carbocycles. The Labute approximate surface area is 148 Å². The number of anilines is 1. The molecule has 1 atom stereocenters. The summed E-state index contributed by atoms with van der Waals surface area (Å²) in [6, 6.07) is 8.01. The van der Waals surface area contributed by atoms with Gasteiger partial charge in [0, 0.05) is 11.7 Å². The highest BCUT2D eigenvalue weighted by Crippen LogP contribution is 2.22. The summed E-state index contributed by atoms with van der Waals surface area (Å²) in [4.78, 5) is 25.7. The number of hydrogen-bond acceptors (Lipinski definition) is 3. The molecular formula is C19H27N3O3. The second-order valence-electron chi connectivity index (χ2n) is 6.83. The van der Waals surface area contributed by atoms with E-state index >= 15 is 0 Å². The van der Waals surface area contributed by atoms with Crippen molar-refractivity contribution < 1.29 is 14.3 Å². The van der Waals surface area contributed by atoms with E-state index < -0.39 is 0 Å². The molecule has 1 aromatic rings. The van der Waals surface area contributed by atoms with Crippen molar-refractivity contribution in [3.8, 4) is 0 Å². The normalized spacial score (nSPS) is 21.1. The van der Waals surface area contributed by atoms with Crippen molar-refractivity contribution in [1.82, 2.24) is 10.6 Å². The Bertz CT molecular complexity index is 596. The van der Waals surface area contributed by atoms with Gasteiger partial charge in [-0.2, -0.15) is 0 Å². The molecule has 2 fully saturated rings. The van der Waals surface area contributed by atoms with Gasteiger partial charge in [0.15, 0.2) is 0 Å². The molecule has 6 heteroatoms. The maximum Gasteiger partial charge on any atom is 0.414 e. The summed E-state index contributed by atoms with van der Waals surface area (Å²) < 4.78 is 5.37. The molecule has 25 heavy (non-hydrogen) atoms. The molecule has 1 saturated carbocycles. The number of nitrogens with zero attached hydrogens (tertiary/aromatic N) is 1. The minimum atomic E-state index is -0.358. The van der Waals surface area contributed by atoms with E-state index in [2.05, 4.69) is 17.6 Å². The molecule has 1 aromatic carbocycles. The minimum absolute atomic E-state index is 0.173. The molecule has 6 nitrogen and oxygen atoms in total. The first kappa shape index (κ1) is 17.6. The zero-order valence-electron chi connectivity index (χ0n) is 14.8. The zero-order valence-corrected chi connectivity index (χ0v) is 14.8. The van der Waals surface area contributed by atoms with Crippen LogP contribution in [0.5, 0.6) is 0 Å². The fourth-order valence-electron chi connectivity index (χ4n) is 3.44. The second-order valence-corrected chi connectivity index (χ2v) is 6.83. The van der Waals surface area contributed by atoms with Crippen LogP contribution < -0.4 is 15.5 Å². The lowest BCUT2D eigenvalue weighted by Gasteiger charge is -2.23. The summed E-state index contributed by atoms with van der Waals surface area (Å²) in [5.74, 6) is 0. The third kappa shape index (κ3) is 4.65. The van der Waals surface area contributed by atoms with E-state index in [1.165, 1.54) is 24.8 Å². The highest BCUT2D eigenvalue weighted by molar-refractivity contribution is 5.89. The summed E-state index contributed by atoms with van der Waals surface area (Å²) in [6.07, 6.45) is 5.99. The number of hydrogen-bond donors (Lipinski definition) is 2. The predicted molar refractivity (Wildman–Crippen MR) is 96.8 cm³/mol. The molecule has 2 N–H and O–H groups in total. The number of nitrogens with one attached hydrogen (secondary N) is 2. The van der Waals surface area contributed by atoms with Gasteiger partial charge in [0.05, 0.1) is 13.1 Å². The molecule has 136 valence electrons. The van der Waals surface area contributed by atoms with Crippen molar-refractivity contribution in [2.45, 2.75) is 57.6 Å². The van der Waals surface area contributed by atoms with Crippen LogP contribution >= 0.6 is 0 Å². The van der Waals surface area contributed by atoms with E-state index in [0.717, 1.165) is 24.9 Å². The third-order valence-electron chi connectivity index (χ3n) is 4.96. The average molecular weight is 345 g/mol. The molecule has 0 radical (unpaired) electrons. The molecule has 0 aromatic heterocycles. The molecule has 1 saturated heterocycles. The number of carbonyl (C=O) groups excluding carboxylic acids is 2. The monoisotopic (exact) mass is 345 g/mol. The van der Waals surface area contributed by atoms with E-state index in [1.54, 1.807) is 4.90 Å². The number of urea groups is 1. The summed E-state index contributed by atoms with van der Waals surface area (Å²) in [7, 11) is 0. The van der Waals surface area contributed by atoms with Crippen LogP contribution in [0.2, 0.25) is 0 Å². The van der Waals surface area contributed by atoms with Crippen molar-refractivity contribution in [2.24, 2.45) is 0 Å². The highest BCUT2D eigenvalue weighted by atomic mass is 16.6. The Morgan fingerprint density at radius 1 is 1.20 bits per heavy atom. The van der Waals surface area contributed by atoms with Gasteiger partial charge in [0.2, 0.25) is 0 Å². The van der Waals surface area contributed by atoms with Crippen molar-refractivity contribution in [1.29, 1.82) is 0 Å². The fraction of sp³-hybridized carbons (Fsp3) is 0.579. The fourth-order valence-corrected chi connectivity index (χ4v) is 3.44. The lowest BCUT2D eigenvalue weighted by Crippen LogP contribution is -2.45. The number of amides is 3. The van der Waals surface area contributed by atoms with E-state index in [9.17, 15) is 9.59 Å². The third-order valence-corrected chi connectivity index (χ3v) is 4.96. The van der Waals surface area contributed by atoms with E-state index in [1.807, 2.05) is 24.3 Å². The smallest absolute Gasteiger partial charge is 0.414 e. The Kier molecular flexibility index (Phi) is 5.79. The zero-order chi connectivity index (χ0) is 17.6. The van der Waals surface area contributed by atoms with Gasteiger partial charge >= 0.3 is 12.1 Å². The number of ether oxygens (including phenoxy) is 1. The lowest BCUT2D eigenvalue weighted by atomic mass is 9.96. The van der Waals surface area contributed by atoms with Crippen LogP contribution in [0.3, 0.4) is 0 Å². The topological polar surface area (TPSA) is 70.7 Å². The molecule has 2 aliphatic rings.